The number of carbonyl (C=O) groups excluding carboxylic acids is 1. The van der Waals surface area contributed by atoms with Gasteiger partial charge in [-0.25, -0.2) is 4.79 Å². The summed E-state index contributed by atoms with van der Waals surface area (Å²) < 4.78 is 0. The van der Waals surface area contributed by atoms with Gasteiger partial charge in [-0.3, -0.25) is 0 Å². The maximum Gasteiger partial charge on any atom is 0.317 e. The number of amides is 2. The number of rotatable bonds is 0. The number of hydrogen-bond donors (Lipinski definition) is 1. The lowest BCUT2D eigenvalue weighted by Crippen LogP contribution is -2.36. The van der Waals surface area contributed by atoms with Gasteiger partial charge in [0, 0.05) is 13.6 Å². The summed E-state index contributed by atoms with van der Waals surface area (Å²) in [5.74, 6) is 0. The molecule has 0 saturated carbocycles. The summed E-state index contributed by atoms with van der Waals surface area (Å²) in [6, 6.07) is 0.0278. The first kappa shape index (κ1) is 6.39. The van der Waals surface area contributed by atoms with Crippen molar-refractivity contribution in [3.8, 4) is 0 Å². The number of nitrogens with one attached hydrogen (secondary N) is 1. The Morgan fingerprint density at radius 1 is 1.67 bits per heavy atom. The molecule has 0 spiro atoms. The van der Waals surface area contributed by atoms with Crippen molar-refractivity contribution in [2.75, 3.05) is 13.6 Å². The van der Waals surface area contributed by atoms with E-state index in [1.54, 1.807) is 11.9 Å². The Hall–Kier alpha value is -0.730. The number of urea groups is 1. The van der Waals surface area contributed by atoms with Gasteiger partial charge in [-0.2, -0.15) is 0 Å². The summed E-state index contributed by atoms with van der Waals surface area (Å²) in [5.41, 5.74) is -0.0359. The van der Waals surface area contributed by atoms with E-state index in [0.29, 0.717) is 0 Å². The smallest absolute Gasteiger partial charge is 0.317 e. The molecular formula is C6H12N2O. The molecule has 1 saturated heterocycles. The quantitative estimate of drug-likeness (QED) is 0.504. The summed E-state index contributed by atoms with van der Waals surface area (Å²) in [5, 5.41) is 2.83. The van der Waals surface area contributed by atoms with Gasteiger partial charge in [-0.15, -0.1) is 0 Å². The van der Waals surface area contributed by atoms with E-state index in [-0.39, 0.29) is 11.6 Å². The zero-order valence-corrected chi connectivity index (χ0v) is 6.06. The second-order valence-electron chi connectivity index (χ2n) is 3.17. The minimum absolute atomic E-state index is 0.0278. The highest BCUT2D eigenvalue weighted by atomic mass is 16.2. The molecule has 0 unspecified atom stereocenters. The first-order valence-electron chi connectivity index (χ1n) is 3.04. The van der Waals surface area contributed by atoms with Crippen LogP contribution in [0.4, 0.5) is 4.79 Å². The zero-order chi connectivity index (χ0) is 7.07. The Kier molecular flexibility index (Phi) is 1.15. The summed E-state index contributed by atoms with van der Waals surface area (Å²) in [6.07, 6.45) is 0. The Bertz CT molecular complexity index is 142. The number of likely N-dealkylation sites (N-methyl/N-ethyl adjacent to an activating group) is 1. The molecule has 3 nitrogen and oxygen atoms in total. The number of carbonyl (C=O) groups is 1. The molecule has 3 heteroatoms. The Labute approximate surface area is 55.0 Å². The van der Waals surface area contributed by atoms with E-state index in [1.807, 2.05) is 13.8 Å². The first-order valence-corrected chi connectivity index (χ1v) is 3.04. The van der Waals surface area contributed by atoms with Gasteiger partial charge in [-0.1, -0.05) is 0 Å². The molecule has 0 aromatic carbocycles. The molecule has 1 rings (SSSR count). The molecular weight excluding hydrogens is 116 g/mol. The topological polar surface area (TPSA) is 32.3 Å². The molecule has 0 atom stereocenters. The van der Waals surface area contributed by atoms with E-state index < -0.39 is 0 Å². The van der Waals surface area contributed by atoms with Crippen molar-refractivity contribution in [1.29, 1.82) is 0 Å². The van der Waals surface area contributed by atoms with E-state index >= 15 is 0 Å². The third kappa shape index (κ3) is 1.15. The third-order valence-electron chi connectivity index (χ3n) is 1.42. The van der Waals surface area contributed by atoms with E-state index in [0.717, 1.165) is 6.54 Å². The molecule has 1 N–H and O–H groups in total. The molecule has 1 aliphatic heterocycles. The van der Waals surface area contributed by atoms with Crippen LogP contribution in [-0.2, 0) is 0 Å². The van der Waals surface area contributed by atoms with Crippen LogP contribution in [-0.4, -0.2) is 30.1 Å². The van der Waals surface area contributed by atoms with Crippen molar-refractivity contribution in [3.63, 3.8) is 0 Å². The highest BCUT2D eigenvalue weighted by Crippen LogP contribution is 2.11. The van der Waals surface area contributed by atoms with Crippen LogP contribution in [0.2, 0.25) is 0 Å². The second-order valence-corrected chi connectivity index (χ2v) is 3.17. The molecule has 1 fully saturated rings. The molecule has 0 radical (unpaired) electrons. The van der Waals surface area contributed by atoms with E-state index in [4.69, 9.17) is 0 Å². The van der Waals surface area contributed by atoms with Crippen LogP contribution >= 0.6 is 0 Å². The number of hydrogen-bond acceptors (Lipinski definition) is 1. The first-order chi connectivity index (χ1) is 4.01. The summed E-state index contributed by atoms with van der Waals surface area (Å²) in [7, 11) is 1.80. The average Bonchev–Trinajstić information content (AvgIpc) is 1.79. The van der Waals surface area contributed by atoms with Crippen LogP contribution in [0.1, 0.15) is 13.8 Å². The molecule has 1 heterocycles. The molecule has 0 bridgehead atoms. The second kappa shape index (κ2) is 1.62. The average molecular weight is 128 g/mol. The zero-order valence-electron chi connectivity index (χ0n) is 6.06. The fourth-order valence-electron chi connectivity index (χ4n) is 1.09. The fourth-order valence-corrected chi connectivity index (χ4v) is 1.09. The molecule has 1 aliphatic rings. The van der Waals surface area contributed by atoms with E-state index in [9.17, 15) is 4.79 Å². The van der Waals surface area contributed by atoms with Crippen LogP contribution < -0.4 is 5.32 Å². The molecule has 52 valence electrons. The highest BCUT2D eigenvalue weighted by Gasteiger charge is 2.31. The molecule has 0 aliphatic carbocycles. The van der Waals surface area contributed by atoms with Gasteiger partial charge in [-0.05, 0) is 13.8 Å². The molecule has 2 amide bonds. The minimum atomic E-state index is -0.0359. The van der Waals surface area contributed by atoms with Gasteiger partial charge in [0.2, 0.25) is 0 Å². The lowest BCUT2D eigenvalue weighted by Gasteiger charge is -2.14. The van der Waals surface area contributed by atoms with Gasteiger partial charge in [0.25, 0.3) is 0 Å². The maximum absolute atomic E-state index is 10.8. The summed E-state index contributed by atoms with van der Waals surface area (Å²) in [6.45, 7) is 4.81. The monoisotopic (exact) mass is 128 g/mol. The minimum Gasteiger partial charge on any atom is -0.331 e. The van der Waals surface area contributed by atoms with Crippen molar-refractivity contribution < 1.29 is 4.79 Å². The Morgan fingerprint density at radius 3 is 2.33 bits per heavy atom. The van der Waals surface area contributed by atoms with Crippen molar-refractivity contribution in [1.82, 2.24) is 10.2 Å². The van der Waals surface area contributed by atoms with Crippen molar-refractivity contribution in [2.45, 2.75) is 19.4 Å². The van der Waals surface area contributed by atoms with Crippen molar-refractivity contribution in [2.24, 2.45) is 0 Å². The van der Waals surface area contributed by atoms with E-state index in [2.05, 4.69) is 5.32 Å². The largest absolute Gasteiger partial charge is 0.331 e. The van der Waals surface area contributed by atoms with Crippen molar-refractivity contribution >= 4 is 6.03 Å². The van der Waals surface area contributed by atoms with Crippen LogP contribution in [0.5, 0.6) is 0 Å². The maximum atomic E-state index is 10.8. The van der Waals surface area contributed by atoms with Crippen molar-refractivity contribution in [3.05, 3.63) is 0 Å². The normalized spacial score (nSPS) is 24.3. The molecule has 9 heavy (non-hydrogen) atoms. The van der Waals surface area contributed by atoms with E-state index in [1.165, 1.54) is 0 Å². The lowest BCUT2D eigenvalue weighted by molar-refractivity contribution is 0.226. The molecule has 0 aromatic rings. The predicted octanol–water partition coefficient (Wildman–Crippen LogP) is 0.420. The lowest BCUT2D eigenvalue weighted by atomic mass is 10.1. The van der Waals surface area contributed by atoms with Gasteiger partial charge >= 0.3 is 6.03 Å². The standard InChI is InChI=1S/C6H12N2O/c1-6(2)4-8(3)5(9)7-6/h4H2,1-3H3,(H,7,9). The number of nitrogens with zero attached hydrogens (tertiary/aromatic N) is 1. The van der Waals surface area contributed by atoms with Crippen LogP contribution in [0.15, 0.2) is 0 Å². The fraction of sp³-hybridized carbons (Fsp3) is 0.833. The molecule has 0 aromatic heterocycles. The van der Waals surface area contributed by atoms with Crippen LogP contribution in [0.25, 0.3) is 0 Å². The predicted molar refractivity (Wildman–Crippen MR) is 35.2 cm³/mol. The van der Waals surface area contributed by atoms with Gasteiger partial charge in [0.1, 0.15) is 0 Å². The van der Waals surface area contributed by atoms with Crippen LogP contribution in [0.3, 0.4) is 0 Å². The summed E-state index contributed by atoms with van der Waals surface area (Å²) in [4.78, 5) is 12.5. The third-order valence-corrected chi connectivity index (χ3v) is 1.42. The van der Waals surface area contributed by atoms with Crippen LogP contribution in [0, 0.1) is 0 Å². The van der Waals surface area contributed by atoms with Gasteiger partial charge in [0.15, 0.2) is 0 Å². The summed E-state index contributed by atoms with van der Waals surface area (Å²) >= 11 is 0. The SMILES string of the molecule is CN1CC(C)(C)NC1=O. The van der Waals surface area contributed by atoms with Gasteiger partial charge < -0.3 is 10.2 Å². The Morgan fingerprint density at radius 2 is 2.22 bits per heavy atom. The van der Waals surface area contributed by atoms with Gasteiger partial charge in [0.05, 0.1) is 5.54 Å². The Balaban J connectivity index is 2.65. The highest BCUT2D eigenvalue weighted by molar-refractivity contribution is 5.77.